The molecule has 0 amide bonds. The summed E-state index contributed by atoms with van der Waals surface area (Å²) in [5.41, 5.74) is 4.11. The van der Waals surface area contributed by atoms with E-state index in [1.54, 1.807) is 0 Å². The van der Waals surface area contributed by atoms with Crippen molar-refractivity contribution in [2.24, 2.45) is 0 Å². The normalized spacial score (nSPS) is 12.9. The van der Waals surface area contributed by atoms with Gasteiger partial charge in [0.05, 0.1) is 5.56 Å². The van der Waals surface area contributed by atoms with Gasteiger partial charge in [0.15, 0.2) is 0 Å². The number of phenolic OH excluding ortho intramolecular Hbond substituents is 1. The molecule has 0 saturated carbocycles. The van der Waals surface area contributed by atoms with Gasteiger partial charge in [0.2, 0.25) is 0 Å². The molecule has 0 aromatic heterocycles. The van der Waals surface area contributed by atoms with Crippen molar-refractivity contribution < 1.29 is 15.0 Å². The quantitative estimate of drug-likeness (QED) is 0.611. The van der Waals surface area contributed by atoms with Gasteiger partial charge in [-0.15, -0.1) is 0 Å². The average Bonchev–Trinajstić information content (AvgIpc) is 2.51. The first-order valence-corrected chi connectivity index (χ1v) is 9.80. The fraction of sp³-hybridized carbons (Fsp3) is 0.480. The standard InChI is InChI=1S/C25H34O3/c1-23(2,3)15-10-11-16(18(14-15)24(4,5)6)20-19(26)13-12-17(22(27)28)21(20)25(7,8)9/h10-14,26H,1-9H3,(H,27,28). The highest BCUT2D eigenvalue weighted by Crippen LogP contribution is 2.45. The molecule has 2 rings (SSSR count). The SMILES string of the molecule is CC(C)(C)c1ccc(-c2c(O)ccc(C(=O)O)c2C(C)(C)C)c(C(C)(C)C)c1. The van der Waals surface area contributed by atoms with Crippen LogP contribution in [-0.4, -0.2) is 16.2 Å². The second-order valence-corrected chi connectivity index (χ2v) is 10.7. The molecule has 0 bridgehead atoms. The average molecular weight is 383 g/mol. The number of aromatic hydroxyl groups is 1. The first kappa shape index (κ1) is 22.0. The van der Waals surface area contributed by atoms with Crippen LogP contribution in [0.25, 0.3) is 11.1 Å². The van der Waals surface area contributed by atoms with Crippen LogP contribution in [0.15, 0.2) is 30.3 Å². The summed E-state index contributed by atoms with van der Waals surface area (Å²) >= 11 is 0. The molecule has 0 radical (unpaired) electrons. The molecule has 0 heterocycles. The summed E-state index contributed by atoms with van der Waals surface area (Å²) in [4.78, 5) is 11.9. The van der Waals surface area contributed by atoms with Crippen LogP contribution in [0.1, 0.15) is 89.4 Å². The number of phenols is 1. The third-order valence-electron chi connectivity index (χ3n) is 5.13. The van der Waals surface area contributed by atoms with E-state index in [-0.39, 0.29) is 22.1 Å². The summed E-state index contributed by atoms with van der Waals surface area (Å²) in [7, 11) is 0. The number of carboxylic acids is 1. The highest BCUT2D eigenvalue weighted by Gasteiger charge is 2.31. The zero-order valence-electron chi connectivity index (χ0n) is 18.7. The topological polar surface area (TPSA) is 57.5 Å². The van der Waals surface area contributed by atoms with Gasteiger partial charge in [0, 0.05) is 5.56 Å². The van der Waals surface area contributed by atoms with Gasteiger partial charge in [0.25, 0.3) is 0 Å². The summed E-state index contributed by atoms with van der Waals surface area (Å²) in [6.45, 7) is 18.9. The Balaban J connectivity index is 3.00. The molecule has 0 aliphatic carbocycles. The van der Waals surface area contributed by atoms with Crippen LogP contribution in [0.2, 0.25) is 0 Å². The van der Waals surface area contributed by atoms with Gasteiger partial charge in [-0.25, -0.2) is 4.79 Å². The Morgan fingerprint density at radius 3 is 1.79 bits per heavy atom. The molecule has 3 nitrogen and oxygen atoms in total. The number of hydrogen-bond acceptors (Lipinski definition) is 2. The van der Waals surface area contributed by atoms with E-state index in [1.165, 1.54) is 17.7 Å². The number of aromatic carboxylic acids is 1. The van der Waals surface area contributed by atoms with E-state index < -0.39 is 11.4 Å². The highest BCUT2D eigenvalue weighted by atomic mass is 16.4. The lowest BCUT2D eigenvalue weighted by atomic mass is 9.73. The van der Waals surface area contributed by atoms with Gasteiger partial charge in [-0.3, -0.25) is 0 Å². The fourth-order valence-corrected chi connectivity index (χ4v) is 3.67. The number of hydrogen-bond donors (Lipinski definition) is 2. The lowest BCUT2D eigenvalue weighted by molar-refractivity contribution is 0.0694. The zero-order chi connectivity index (χ0) is 21.7. The van der Waals surface area contributed by atoms with Gasteiger partial charge >= 0.3 is 5.97 Å². The molecule has 28 heavy (non-hydrogen) atoms. The largest absolute Gasteiger partial charge is 0.507 e. The van der Waals surface area contributed by atoms with Crippen LogP contribution in [0.3, 0.4) is 0 Å². The van der Waals surface area contributed by atoms with E-state index in [2.05, 4.69) is 53.7 Å². The second-order valence-electron chi connectivity index (χ2n) is 10.7. The Morgan fingerprint density at radius 1 is 0.786 bits per heavy atom. The molecule has 0 aliphatic heterocycles. The summed E-state index contributed by atoms with van der Waals surface area (Å²) in [5.74, 6) is -0.862. The number of rotatable bonds is 2. The maximum Gasteiger partial charge on any atom is 0.336 e. The Labute approximate surface area is 169 Å². The Bertz CT molecular complexity index is 901. The molecule has 3 heteroatoms. The Hall–Kier alpha value is -2.29. The lowest BCUT2D eigenvalue weighted by Gasteiger charge is -2.31. The number of carboxylic acid groups (broad SMARTS) is 1. The predicted molar refractivity (Wildman–Crippen MR) is 117 cm³/mol. The fourth-order valence-electron chi connectivity index (χ4n) is 3.67. The maximum atomic E-state index is 11.9. The van der Waals surface area contributed by atoms with Crippen molar-refractivity contribution in [1.29, 1.82) is 0 Å². The minimum Gasteiger partial charge on any atom is -0.507 e. The minimum absolute atomic E-state index is 0.00363. The van der Waals surface area contributed by atoms with E-state index in [0.717, 1.165) is 11.1 Å². The van der Waals surface area contributed by atoms with Gasteiger partial charge in [-0.1, -0.05) is 80.5 Å². The summed E-state index contributed by atoms with van der Waals surface area (Å²) in [6.07, 6.45) is 0. The van der Waals surface area contributed by atoms with Crippen molar-refractivity contribution in [1.82, 2.24) is 0 Å². The van der Waals surface area contributed by atoms with Crippen LogP contribution in [0.4, 0.5) is 0 Å². The molecule has 0 atom stereocenters. The maximum absolute atomic E-state index is 11.9. The second kappa shape index (κ2) is 6.95. The summed E-state index contributed by atoms with van der Waals surface area (Å²) < 4.78 is 0. The third-order valence-corrected chi connectivity index (χ3v) is 5.13. The van der Waals surface area contributed by atoms with Gasteiger partial charge in [-0.2, -0.15) is 0 Å². The number of carbonyl (C=O) groups is 1. The van der Waals surface area contributed by atoms with E-state index in [0.29, 0.717) is 11.1 Å². The van der Waals surface area contributed by atoms with Crippen molar-refractivity contribution in [3.63, 3.8) is 0 Å². The Morgan fingerprint density at radius 2 is 1.36 bits per heavy atom. The van der Waals surface area contributed by atoms with Gasteiger partial charge in [-0.05, 0) is 50.6 Å². The van der Waals surface area contributed by atoms with Crippen molar-refractivity contribution in [3.8, 4) is 16.9 Å². The van der Waals surface area contributed by atoms with Crippen molar-refractivity contribution in [2.45, 2.75) is 78.6 Å². The first-order valence-electron chi connectivity index (χ1n) is 9.80. The minimum atomic E-state index is -0.977. The molecular formula is C25H34O3. The van der Waals surface area contributed by atoms with E-state index in [1.807, 2.05) is 26.8 Å². The first-order chi connectivity index (χ1) is 12.5. The lowest BCUT2D eigenvalue weighted by Crippen LogP contribution is -2.21. The molecule has 0 aliphatic rings. The van der Waals surface area contributed by atoms with E-state index >= 15 is 0 Å². The van der Waals surface area contributed by atoms with E-state index in [4.69, 9.17) is 0 Å². The predicted octanol–water partition coefficient (Wildman–Crippen LogP) is 6.65. The molecule has 0 spiro atoms. The van der Waals surface area contributed by atoms with Crippen LogP contribution < -0.4 is 0 Å². The number of benzene rings is 2. The molecule has 2 N–H and O–H groups in total. The molecule has 152 valence electrons. The van der Waals surface area contributed by atoms with Crippen molar-refractivity contribution in [2.75, 3.05) is 0 Å². The zero-order valence-corrected chi connectivity index (χ0v) is 18.7. The smallest absolute Gasteiger partial charge is 0.336 e. The highest BCUT2D eigenvalue weighted by molar-refractivity contribution is 5.94. The van der Waals surface area contributed by atoms with Crippen LogP contribution in [0.5, 0.6) is 5.75 Å². The van der Waals surface area contributed by atoms with Gasteiger partial charge in [0.1, 0.15) is 5.75 Å². The third kappa shape index (κ3) is 4.24. The molecular weight excluding hydrogens is 348 g/mol. The van der Waals surface area contributed by atoms with Crippen molar-refractivity contribution >= 4 is 5.97 Å². The molecule has 2 aromatic carbocycles. The van der Waals surface area contributed by atoms with Gasteiger partial charge < -0.3 is 10.2 Å². The summed E-state index contributed by atoms with van der Waals surface area (Å²) in [6, 6.07) is 9.33. The molecule has 2 aromatic rings. The van der Waals surface area contributed by atoms with Crippen LogP contribution >= 0.6 is 0 Å². The van der Waals surface area contributed by atoms with Crippen molar-refractivity contribution in [3.05, 3.63) is 52.6 Å². The Kier molecular flexibility index (Phi) is 5.46. The molecule has 0 fully saturated rings. The monoisotopic (exact) mass is 382 g/mol. The van der Waals surface area contributed by atoms with Crippen LogP contribution in [0, 0.1) is 0 Å². The summed E-state index contributed by atoms with van der Waals surface area (Å²) in [5, 5.41) is 20.6. The van der Waals surface area contributed by atoms with Crippen LogP contribution in [-0.2, 0) is 16.2 Å². The van der Waals surface area contributed by atoms with E-state index in [9.17, 15) is 15.0 Å². The molecule has 0 unspecified atom stereocenters. The molecule has 0 saturated heterocycles.